The first-order valence-electron chi connectivity index (χ1n) is 11.9. The van der Waals surface area contributed by atoms with Gasteiger partial charge >= 0.3 is 11.9 Å². The molecule has 2 N–H and O–H groups in total. The minimum Gasteiger partial charge on any atom is -0.481 e. The number of hydrogen-bond acceptors (Lipinski definition) is 8. The van der Waals surface area contributed by atoms with Crippen molar-refractivity contribution in [2.75, 3.05) is 13.7 Å². The Morgan fingerprint density at radius 3 is 2.79 bits per heavy atom. The molecule has 13 heteroatoms. The number of aliphatic carboxylic acids is 1. The number of carbonyl (C=O) groups is 2. The summed E-state index contributed by atoms with van der Waals surface area (Å²) in [7, 11) is 1.21. The van der Waals surface area contributed by atoms with Crippen molar-refractivity contribution in [1.82, 2.24) is 15.2 Å². The van der Waals surface area contributed by atoms with Gasteiger partial charge in [-0.3, -0.25) is 14.7 Å². The van der Waals surface area contributed by atoms with Crippen molar-refractivity contribution in [2.45, 2.75) is 49.7 Å². The number of alkyl halides is 2. The van der Waals surface area contributed by atoms with E-state index in [1.807, 2.05) is 0 Å². The van der Waals surface area contributed by atoms with E-state index in [2.05, 4.69) is 31.2 Å². The molecule has 2 saturated heterocycles. The van der Waals surface area contributed by atoms with Crippen molar-refractivity contribution in [3.05, 3.63) is 61.9 Å². The first-order chi connectivity index (χ1) is 18.1. The maximum Gasteiger partial charge on any atom is 0.338 e. The Labute approximate surface area is 228 Å². The average Bonchev–Trinajstić information content (AvgIpc) is 3.44. The summed E-state index contributed by atoms with van der Waals surface area (Å²) in [4.78, 5) is 35.0. The number of fused-ring (bicyclic) bond motifs is 2. The van der Waals surface area contributed by atoms with Crippen molar-refractivity contribution in [1.29, 1.82) is 0 Å². The monoisotopic (exact) mass is 612 g/mol. The number of rotatable bonds is 7. The second-order valence-corrected chi connectivity index (χ2v) is 11.3. The van der Waals surface area contributed by atoms with Gasteiger partial charge in [0.2, 0.25) is 0 Å². The number of carboxylic acids is 1. The molecule has 1 aromatic carbocycles. The molecule has 3 aliphatic rings. The van der Waals surface area contributed by atoms with E-state index in [9.17, 15) is 19.1 Å². The van der Waals surface area contributed by atoms with Crippen LogP contribution in [0.5, 0.6) is 0 Å². The normalized spacial score (nSPS) is 26.6. The van der Waals surface area contributed by atoms with Crippen LogP contribution < -0.4 is 5.32 Å². The molecule has 202 valence electrons. The lowest BCUT2D eigenvalue weighted by atomic mass is 9.87. The fourth-order valence-electron chi connectivity index (χ4n) is 5.70. The third kappa shape index (κ3) is 4.98. The highest BCUT2D eigenvalue weighted by molar-refractivity contribution is 9.10. The van der Waals surface area contributed by atoms with Gasteiger partial charge in [-0.15, -0.1) is 11.3 Å². The highest BCUT2D eigenvalue weighted by Crippen LogP contribution is 2.49. The molecular formula is C25H24BrF3N4O4S. The Kier molecular flexibility index (Phi) is 7.35. The SMILES string of the molecule is COC(=O)C1=C(CN2[C@H]3C[C@@H](CC(=O)O)C[C@@H]2C(F)(F)C3)NC(c2nccs2)=N[C@H]1c1cccc(F)c1Br. The van der Waals surface area contributed by atoms with Crippen molar-refractivity contribution in [2.24, 2.45) is 10.9 Å². The second-order valence-electron chi connectivity index (χ2n) is 9.61. The molecule has 38 heavy (non-hydrogen) atoms. The van der Waals surface area contributed by atoms with E-state index in [0.717, 1.165) is 0 Å². The number of carbonyl (C=O) groups excluding carboxylic acids is 1. The van der Waals surface area contributed by atoms with E-state index in [0.29, 0.717) is 28.5 Å². The average molecular weight is 613 g/mol. The van der Waals surface area contributed by atoms with Gasteiger partial charge in [-0.2, -0.15) is 0 Å². The molecule has 0 saturated carbocycles. The Balaban J connectivity index is 1.58. The predicted octanol–water partition coefficient (Wildman–Crippen LogP) is 4.53. The van der Waals surface area contributed by atoms with Gasteiger partial charge in [0.15, 0.2) is 10.8 Å². The third-order valence-corrected chi connectivity index (χ3v) is 8.89. The number of nitrogens with zero attached hydrogens (tertiary/aromatic N) is 3. The van der Waals surface area contributed by atoms with Gasteiger partial charge in [-0.05, 0) is 46.3 Å². The van der Waals surface area contributed by atoms with E-state index in [1.165, 1.54) is 30.6 Å². The van der Waals surface area contributed by atoms with Crippen molar-refractivity contribution in [3.63, 3.8) is 0 Å². The maximum atomic E-state index is 15.1. The number of esters is 1. The zero-order valence-electron chi connectivity index (χ0n) is 20.2. The van der Waals surface area contributed by atoms with Crippen molar-refractivity contribution >= 4 is 45.0 Å². The molecule has 0 unspecified atom stereocenters. The van der Waals surface area contributed by atoms with Crippen LogP contribution in [-0.4, -0.2) is 64.4 Å². The van der Waals surface area contributed by atoms with Crippen LogP contribution in [0.25, 0.3) is 0 Å². The largest absolute Gasteiger partial charge is 0.481 e. The summed E-state index contributed by atoms with van der Waals surface area (Å²) in [6.07, 6.45) is 1.38. The van der Waals surface area contributed by atoms with Crippen LogP contribution in [0.2, 0.25) is 0 Å². The Bertz CT molecular complexity index is 1320. The van der Waals surface area contributed by atoms with Gasteiger partial charge in [0.25, 0.3) is 5.92 Å². The van der Waals surface area contributed by atoms with E-state index in [4.69, 9.17) is 4.74 Å². The van der Waals surface area contributed by atoms with E-state index in [1.54, 1.807) is 22.5 Å². The molecule has 2 aromatic rings. The molecule has 0 aliphatic carbocycles. The summed E-state index contributed by atoms with van der Waals surface area (Å²) in [5, 5.41) is 14.6. The Morgan fingerprint density at radius 1 is 1.34 bits per heavy atom. The molecule has 5 rings (SSSR count). The first kappa shape index (κ1) is 26.8. The number of amidine groups is 1. The highest BCUT2D eigenvalue weighted by atomic mass is 79.9. The van der Waals surface area contributed by atoms with Gasteiger partial charge in [-0.25, -0.2) is 22.9 Å². The number of piperidine rings is 1. The lowest BCUT2D eigenvalue weighted by Gasteiger charge is -2.40. The van der Waals surface area contributed by atoms with Crippen LogP contribution in [0.1, 0.15) is 42.3 Å². The summed E-state index contributed by atoms with van der Waals surface area (Å²) in [6.45, 7) is -0.0526. The minimum absolute atomic E-state index is 0.0307. The number of ether oxygens (including phenoxy) is 1. The van der Waals surface area contributed by atoms with Crippen LogP contribution in [0.15, 0.2) is 50.5 Å². The quantitative estimate of drug-likeness (QED) is 0.443. The predicted molar refractivity (Wildman–Crippen MR) is 136 cm³/mol. The number of benzene rings is 1. The number of halogens is 4. The maximum absolute atomic E-state index is 15.1. The summed E-state index contributed by atoms with van der Waals surface area (Å²) < 4.78 is 49.9. The van der Waals surface area contributed by atoms with Gasteiger partial charge in [-0.1, -0.05) is 12.1 Å². The number of aliphatic imine (C=N–C) groups is 1. The summed E-state index contributed by atoms with van der Waals surface area (Å²) in [6, 6.07) is 1.65. The van der Waals surface area contributed by atoms with Crippen LogP contribution in [0.3, 0.4) is 0 Å². The minimum atomic E-state index is -3.00. The van der Waals surface area contributed by atoms with E-state index in [-0.39, 0.29) is 41.8 Å². The topological polar surface area (TPSA) is 104 Å². The Hall–Kier alpha value is -2.77. The number of thiazole rings is 1. The van der Waals surface area contributed by atoms with Gasteiger partial charge in [0, 0.05) is 42.7 Å². The van der Waals surface area contributed by atoms with E-state index >= 15 is 8.78 Å². The van der Waals surface area contributed by atoms with Crippen molar-refractivity contribution < 1.29 is 32.6 Å². The molecule has 4 heterocycles. The fraction of sp³-hybridized carbons (Fsp3) is 0.440. The molecule has 2 fully saturated rings. The standard InChI is InChI=1S/C25H24BrF3N4O4S/c1-37-24(36)19-16(11-33-13-7-12(9-18(34)35)8-17(33)25(28,29)10-13)31-22(23-30-5-6-38-23)32-21(19)14-3-2-4-15(27)20(14)26/h2-6,12-13,17,21H,7-11H2,1H3,(H,31,32)(H,34,35)/t12-,13+,17-,21+/m1/s1. The van der Waals surface area contributed by atoms with Crippen LogP contribution >= 0.6 is 27.3 Å². The van der Waals surface area contributed by atoms with E-state index < -0.39 is 41.8 Å². The second kappa shape index (κ2) is 10.4. The first-order valence-corrected chi connectivity index (χ1v) is 13.6. The zero-order chi connectivity index (χ0) is 27.2. The van der Waals surface area contributed by atoms with Crippen LogP contribution in [-0.2, 0) is 14.3 Å². The third-order valence-electron chi connectivity index (χ3n) is 7.27. The number of hydrogen-bond donors (Lipinski definition) is 2. The highest BCUT2D eigenvalue weighted by Gasteiger charge is 2.57. The van der Waals surface area contributed by atoms with Gasteiger partial charge in [0.05, 0.1) is 23.2 Å². The zero-order valence-corrected chi connectivity index (χ0v) is 22.6. The molecule has 0 amide bonds. The molecule has 4 atom stereocenters. The smallest absolute Gasteiger partial charge is 0.338 e. The number of nitrogens with one attached hydrogen (secondary N) is 1. The van der Waals surface area contributed by atoms with Crippen LogP contribution in [0, 0.1) is 11.7 Å². The number of carboxylic acid groups (broad SMARTS) is 1. The number of methoxy groups -OCH3 is 1. The fourth-order valence-corrected chi connectivity index (χ4v) is 6.77. The summed E-state index contributed by atoms with van der Waals surface area (Å²) >= 11 is 4.56. The van der Waals surface area contributed by atoms with Gasteiger partial charge in [0.1, 0.15) is 11.9 Å². The lowest BCUT2D eigenvalue weighted by molar-refractivity contribution is -0.139. The number of aromatic nitrogens is 1. The van der Waals surface area contributed by atoms with Crippen LogP contribution in [0.4, 0.5) is 13.2 Å². The Morgan fingerprint density at radius 2 is 2.13 bits per heavy atom. The molecular weight excluding hydrogens is 589 g/mol. The summed E-state index contributed by atoms with van der Waals surface area (Å²) in [5.41, 5.74) is 0.754. The molecule has 2 bridgehead atoms. The van der Waals surface area contributed by atoms with Crippen molar-refractivity contribution in [3.8, 4) is 0 Å². The molecule has 0 spiro atoms. The lowest BCUT2D eigenvalue weighted by Crippen LogP contribution is -2.50. The molecule has 1 aromatic heterocycles. The van der Waals surface area contributed by atoms with Gasteiger partial charge < -0.3 is 15.2 Å². The molecule has 0 radical (unpaired) electrons. The molecule has 8 nitrogen and oxygen atoms in total. The molecule has 3 aliphatic heterocycles. The summed E-state index contributed by atoms with van der Waals surface area (Å²) in [5.74, 6) is -5.32.